The highest BCUT2D eigenvalue weighted by Crippen LogP contribution is 2.37. The fraction of sp³-hybridized carbons (Fsp3) is 1.00. The molecule has 0 amide bonds. The van der Waals surface area contributed by atoms with Crippen molar-refractivity contribution in [2.24, 2.45) is 5.92 Å². The molecule has 128 valence electrons. The van der Waals surface area contributed by atoms with E-state index in [-0.39, 0.29) is 6.61 Å². The summed E-state index contributed by atoms with van der Waals surface area (Å²) in [6.45, 7) is 4.60. The summed E-state index contributed by atoms with van der Waals surface area (Å²) >= 11 is 0. The molecule has 0 saturated heterocycles. The van der Waals surface area contributed by atoms with Gasteiger partial charge in [-0.1, -0.05) is 78.1 Å². The number of rotatable bonds is 15. The van der Waals surface area contributed by atoms with E-state index in [1.807, 2.05) is 0 Å². The van der Waals surface area contributed by atoms with Gasteiger partial charge in [-0.05, 0) is 18.8 Å². The van der Waals surface area contributed by atoms with E-state index in [0.717, 1.165) is 25.7 Å². The molecule has 0 saturated carbocycles. The van der Waals surface area contributed by atoms with Crippen molar-refractivity contribution in [3.05, 3.63) is 0 Å². The summed E-state index contributed by atoms with van der Waals surface area (Å²) in [5.74, 6) is 0.292. The Hall–Kier alpha value is 0.110. The van der Waals surface area contributed by atoms with Gasteiger partial charge in [0.05, 0.1) is 6.61 Å². The van der Waals surface area contributed by atoms with Crippen molar-refractivity contribution in [2.45, 2.75) is 90.9 Å². The van der Waals surface area contributed by atoms with Crippen LogP contribution in [0, 0.1) is 5.92 Å². The zero-order chi connectivity index (χ0) is 16.0. The molecule has 0 aromatic heterocycles. The topological polar surface area (TPSA) is 66.8 Å². The molecule has 0 aliphatic rings. The van der Waals surface area contributed by atoms with Gasteiger partial charge in [0, 0.05) is 0 Å². The first-order valence-corrected chi connectivity index (χ1v) is 10.2. The maximum atomic E-state index is 10.8. The third-order valence-corrected chi connectivity index (χ3v) is 4.40. The monoisotopic (exact) mass is 322 g/mol. The fourth-order valence-corrected chi connectivity index (χ4v) is 2.99. The molecule has 0 aromatic rings. The summed E-state index contributed by atoms with van der Waals surface area (Å²) in [6, 6.07) is 0. The van der Waals surface area contributed by atoms with Crippen molar-refractivity contribution in [3.63, 3.8) is 0 Å². The molecule has 0 spiro atoms. The predicted molar refractivity (Wildman–Crippen MR) is 88.2 cm³/mol. The molecule has 0 aromatic carbocycles. The number of unbranched alkanes of at least 4 members (excludes halogenated alkanes) is 8. The van der Waals surface area contributed by atoms with Crippen molar-refractivity contribution in [1.82, 2.24) is 0 Å². The second-order valence-electron chi connectivity index (χ2n) is 6.06. The van der Waals surface area contributed by atoms with Crippen LogP contribution in [-0.2, 0) is 9.09 Å². The molecule has 0 fully saturated rings. The van der Waals surface area contributed by atoms with Gasteiger partial charge < -0.3 is 9.79 Å². The number of phosphoric acid groups is 1. The van der Waals surface area contributed by atoms with Crippen LogP contribution < -0.4 is 0 Å². The Morgan fingerprint density at radius 1 is 0.810 bits per heavy atom. The number of phosphoric ester groups is 1. The Bertz CT molecular complexity index is 265. The molecule has 1 atom stereocenters. The van der Waals surface area contributed by atoms with E-state index in [0.29, 0.717) is 5.92 Å². The van der Waals surface area contributed by atoms with Crippen molar-refractivity contribution < 1.29 is 18.9 Å². The first-order valence-electron chi connectivity index (χ1n) is 8.69. The van der Waals surface area contributed by atoms with Gasteiger partial charge in [-0.3, -0.25) is 4.52 Å². The maximum absolute atomic E-state index is 10.8. The molecule has 1 unspecified atom stereocenters. The first kappa shape index (κ1) is 21.1. The quantitative estimate of drug-likeness (QED) is 0.311. The van der Waals surface area contributed by atoms with Crippen LogP contribution in [0.4, 0.5) is 0 Å². The number of hydrogen-bond donors (Lipinski definition) is 2. The van der Waals surface area contributed by atoms with Gasteiger partial charge in [0.15, 0.2) is 0 Å². The smallest absolute Gasteiger partial charge is 0.303 e. The summed E-state index contributed by atoms with van der Waals surface area (Å²) in [6.07, 6.45) is 14.4. The molecule has 0 aliphatic heterocycles. The second kappa shape index (κ2) is 13.8. The lowest BCUT2D eigenvalue weighted by molar-refractivity contribution is 0.157. The molecular weight excluding hydrogens is 287 g/mol. The predicted octanol–water partition coefficient (Wildman–Crippen LogP) is 5.43. The third kappa shape index (κ3) is 16.3. The Labute approximate surface area is 130 Å². The standard InChI is InChI=1S/C16H35O4P/c1-3-5-7-9-10-12-14-16(13-11-8-6-4-2)15-20-21(17,18)19/h16H,3-15H2,1-2H3,(H2,17,18,19). The van der Waals surface area contributed by atoms with E-state index in [2.05, 4.69) is 13.8 Å². The van der Waals surface area contributed by atoms with Crippen molar-refractivity contribution >= 4 is 7.82 Å². The van der Waals surface area contributed by atoms with Crippen LogP contribution in [0.25, 0.3) is 0 Å². The van der Waals surface area contributed by atoms with E-state index < -0.39 is 7.82 Å². The molecule has 0 rings (SSSR count). The number of hydrogen-bond acceptors (Lipinski definition) is 2. The second-order valence-corrected chi connectivity index (χ2v) is 7.30. The zero-order valence-electron chi connectivity index (χ0n) is 13.9. The van der Waals surface area contributed by atoms with Crippen LogP contribution in [0.2, 0.25) is 0 Å². The minimum atomic E-state index is -4.32. The maximum Gasteiger partial charge on any atom is 0.469 e. The summed E-state index contributed by atoms with van der Waals surface area (Å²) in [4.78, 5) is 17.7. The van der Waals surface area contributed by atoms with E-state index in [9.17, 15) is 4.57 Å². The van der Waals surface area contributed by atoms with Gasteiger partial charge in [0.1, 0.15) is 0 Å². The molecule has 0 bridgehead atoms. The van der Waals surface area contributed by atoms with Crippen molar-refractivity contribution in [3.8, 4) is 0 Å². The van der Waals surface area contributed by atoms with Crippen LogP contribution in [0.1, 0.15) is 90.9 Å². The fourth-order valence-electron chi connectivity index (χ4n) is 2.59. The van der Waals surface area contributed by atoms with Crippen LogP contribution in [0.15, 0.2) is 0 Å². The lowest BCUT2D eigenvalue weighted by Crippen LogP contribution is -2.09. The zero-order valence-corrected chi connectivity index (χ0v) is 14.8. The van der Waals surface area contributed by atoms with Crippen molar-refractivity contribution in [1.29, 1.82) is 0 Å². The first-order chi connectivity index (χ1) is 9.99. The molecule has 2 N–H and O–H groups in total. The summed E-state index contributed by atoms with van der Waals surface area (Å²) in [7, 11) is -4.32. The molecule has 0 radical (unpaired) electrons. The van der Waals surface area contributed by atoms with E-state index in [1.54, 1.807) is 0 Å². The minimum absolute atomic E-state index is 0.200. The normalized spacial score (nSPS) is 13.5. The van der Waals surface area contributed by atoms with E-state index >= 15 is 0 Å². The molecule has 5 heteroatoms. The van der Waals surface area contributed by atoms with Crippen LogP contribution in [0.3, 0.4) is 0 Å². The van der Waals surface area contributed by atoms with Crippen LogP contribution in [-0.4, -0.2) is 16.4 Å². The van der Waals surface area contributed by atoms with Gasteiger partial charge in [-0.15, -0.1) is 0 Å². The van der Waals surface area contributed by atoms with Gasteiger partial charge in [0.25, 0.3) is 0 Å². The average Bonchev–Trinajstić information content (AvgIpc) is 2.42. The third-order valence-electron chi connectivity index (χ3n) is 3.91. The summed E-state index contributed by atoms with van der Waals surface area (Å²) in [5, 5.41) is 0. The van der Waals surface area contributed by atoms with Crippen LogP contribution in [0.5, 0.6) is 0 Å². The van der Waals surface area contributed by atoms with E-state index in [1.165, 1.54) is 51.4 Å². The van der Waals surface area contributed by atoms with Gasteiger partial charge in [-0.25, -0.2) is 4.57 Å². The lowest BCUT2D eigenvalue weighted by atomic mass is 9.95. The SMILES string of the molecule is CCCCCCCCC(CCCCCC)COP(=O)(O)O. The molecule has 4 nitrogen and oxygen atoms in total. The molecule has 21 heavy (non-hydrogen) atoms. The Balaban J connectivity index is 3.86. The highest BCUT2D eigenvalue weighted by atomic mass is 31.2. The Morgan fingerprint density at radius 2 is 1.24 bits per heavy atom. The van der Waals surface area contributed by atoms with Crippen molar-refractivity contribution in [2.75, 3.05) is 6.61 Å². The van der Waals surface area contributed by atoms with Crippen LogP contribution >= 0.6 is 7.82 Å². The minimum Gasteiger partial charge on any atom is -0.303 e. The van der Waals surface area contributed by atoms with E-state index in [4.69, 9.17) is 14.3 Å². The highest BCUT2D eigenvalue weighted by Gasteiger charge is 2.18. The van der Waals surface area contributed by atoms with Gasteiger partial charge in [-0.2, -0.15) is 0 Å². The molecule has 0 heterocycles. The molecular formula is C16H35O4P. The Morgan fingerprint density at radius 3 is 1.71 bits per heavy atom. The average molecular weight is 322 g/mol. The van der Waals surface area contributed by atoms with Gasteiger partial charge >= 0.3 is 7.82 Å². The van der Waals surface area contributed by atoms with Gasteiger partial charge in [0.2, 0.25) is 0 Å². The molecule has 0 aliphatic carbocycles. The lowest BCUT2D eigenvalue weighted by Gasteiger charge is -2.17. The largest absolute Gasteiger partial charge is 0.469 e. The summed E-state index contributed by atoms with van der Waals surface area (Å²) in [5.41, 5.74) is 0. The summed E-state index contributed by atoms with van der Waals surface area (Å²) < 4.78 is 15.5. The Kier molecular flexibility index (Phi) is 13.8. The highest BCUT2D eigenvalue weighted by molar-refractivity contribution is 7.46.